The zero-order chi connectivity index (χ0) is 12.5. The Kier molecular flexibility index (Phi) is 4.08. The molecule has 0 amide bonds. The van der Waals surface area contributed by atoms with Gasteiger partial charge in [-0.25, -0.2) is 0 Å². The quantitative estimate of drug-likeness (QED) is 0.822. The fraction of sp³-hybridized carbons (Fsp3) is 0.231. The molecule has 1 N–H and O–H groups in total. The van der Waals surface area contributed by atoms with Gasteiger partial charge in [0.05, 0.1) is 4.88 Å². The van der Waals surface area contributed by atoms with Gasteiger partial charge < -0.3 is 5.11 Å². The molecular formula is C13H12Br2OS. The maximum atomic E-state index is 10.5. The minimum absolute atomic E-state index is 0.611. The van der Waals surface area contributed by atoms with Crippen LogP contribution in [-0.2, 0) is 12.0 Å². The highest BCUT2D eigenvalue weighted by atomic mass is 79.9. The van der Waals surface area contributed by atoms with Crippen LogP contribution in [0.4, 0.5) is 0 Å². The van der Waals surface area contributed by atoms with Gasteiger partial charge in [0.1, 0.15) is 5.60 Å². The first kappa shape index (κ1) is 13.3. The van der Waals surface area contributed by atoms with Crippen molar-refractivity contribution in [3.05, 3.63) is 55.1 Å². The van der Waals surface area contributed by atoms with Crippen LogP contribution in [0.2, 0.25) is 0 Å². The number of rotatable bonds is 3. The summed E-state index contributed by atoms with van der Waals surface area (Å²) in [4.78, 5) is 0.973. The molecule has 0 saturated heterocycles. The van der Waals surface area contributed by atoms with Crippen LogP contribution in [0.5, 0.6) is 0 Å². The van der Waals surface area contributed by atoms with E-state index in [4.69, 9.17) is 0 Å². The molecule has 1 nitrogen and oxygen atoms in total. The van der Waals surface area contributed by atoms with Gasteiger partial charge in [-0.3, -0.25) is 0 Å². The minimum atomic E-state index is -0.833. The van der Waals surface area contributed by atoms with Crippen LogP contribution in [0.1, 0.15) is 17.4 Å². The summed E-state index contributed by atoms with van der Waals surface area (Å²) in [6.45, 7) is 1.85. The van der Waals surface area contributed by atoms with Gasteiger partial charge in [-0.05, 0) is 52.0 Å². The smallest absolute Gasteiger partial charge is 0.101 e. The molecule has 0 aliphatic carbocycles. The SMILES string of the molecule is CC(O)(Cc1ccc(Br)cc1)c1sccc1Br. The Hall–Kier alpha value is -0.160. The molecule has 0 radical (unpaired) electrons. The predicted octanol–water partition coefficient (Wildman–Crippen LogP) is 4.72. The molecule has 90 valence electrons. The fourth-order valence-electron chi connectivity index (χ4n) is 1.76. The summed E-state index contributed by atoms with van der Waals surface area (Å²) in [5.41, 5.74) is 0.291. The molecule has 2 rings (SSSR count). The molecular weight excluding hydrogens is 364 g/mol. The average Bonchev–Trinajstić information content (AvgIpc) is 2.68. The van der Waals surface area contributed by atoms with Crippen molar-refractivity contribution < 1.29 is 5.11 Å². The molecule has 0 bridgehead atoms. The van der Waals surface area contributed by atoms with Crippen molar-refractivity contribution in [2.75, 3.05) is 0 Å². The Labute approximate surface area is 122 Å². The number of thiophene rings is 1. The van der Waals surface area contributed by atoms with E-state index in [0.717, 1.165) is 19.4 Å². The molecule has 1 heterocycles. The van der Waals surface area contributed by atoms with E-state index >= 15 is 0 Å². The van der Waals surface area contributed by atoms with E-state index < -0.39 is 5.60 Å². The highest BCUT2D eigenvalue weighted by molar-refractivity contribution is 9.10. The van der Waals surface area contributed by atoms with E-state index in [1.54, 1.807) is 11.3 Å². The van der Waals surface area contributed by atoms with Crippen molar-refractivity contribution in [1.82, 2.24) is 0 Å². The molecule has 1 atom stereocenters. The number of hydrogen-bond donors (Lipinski definition) is 1. The van der Waals surface area contributed by atoms with Crippen LogP contribution >= 0.6 is 43.2 Å². The molecule has 1 aromatic carbocycles. The van der Waals surface area contributed by atoms with E-state index in [2.05, 4.69) is 31.9 Å². The third-order valence-corrected chi connectivity index (χ3v) is 5.19. The van der Waals surface area contributed by atoms with Gasteiger partial charge in [0.2, 0.25) is 0 Å². The number of hydrogen-bond acceptors (Lipinski definition) is 2. The van der Waals surface area contributed by atoms with Crippen molar-refractivity contribution >= 4 is 43.2 Å². The summed E-state index contributed by atoms with van der Waals surface area (Å²) < 4.78 is 2.03. The van der Waals surface area contributed by atoms with Crippen molar-refractivity contribution in [1.29, 1.82) is 0 Å². The van der Waals surface area contributed by atoms with Gasteiger partial charge in [-0.1, -0.05) is 28.1 Å². The molecule has 0 aliphatic heterocycles. The maximum absolute atomic E-state index is 10.5. The second kappa shape index (κ2) is 5.22. The van der Waals surface area contributed by atoms with Crippen LogP contribution in [0.3, 0.4) is 0 Å². The lowest BCUT2D eigenvalue weighted by Gasteiger charge is -2.22. The number of aliphatic hydroxyl groups is 1. The van der Waals surface area contributed by atoms with Gasteiger partial charge in [0, 0.05) is 15.4 Å². The molecule has 2 aromatic rings. The first-order chi connectivity index (χ1) is 7.99. The molecule has 1 aromatic heterocycles. The van der Waals surface area contributed by atoms with Crippen LogP contribution in [-0.4, -0.2) is 5.11 Å². The van der Waals surface area contributed by atoms with Gasteiger partial charge in [0.15, 0.2) is 0 Å². The standard InChI is InChI=1S/C13H12Br2OS/c1-13(16,12-11(15)6-7-17-12)8-9-2-4-10(14)5-3-9/h2-7,16H,8H2,1H3. The molecule has 17 heavy (non-hydrogen) atoms. The monoisotopic (exact) mass is 374 g/mol. The van der Waals surface area contributed by atoms with E-state index in [9.17, 15) is 5.11 Å². The van der Waals surface area contributed by atoms with Gasteiger partial charge in [-0.2, -0.15) is 0 Å². The zero-order valence-electron chi connectivity index (χ0n) is 9.28. The summed E-state index contributed by atoms with van der Waals surface area (Å²) in [7, 11) is 0. The topological polar surface area (TPSA) is 20.2 Å². The summed E-state index contributed by atoms with van der Waals surface area (Å²) in [6, 6.07) is 10.0. The normalized spacial score (nSPS) is 14.6. The fourth-order valence-corrected chi connectivity index (χ4v) is 3.88. The third-order valence-electron chi connectivity index (χ3n) is 2.57. The Balaban J connectivity index is 2.23. The van der Waals surface area contributed by atoms with Crippen LogP contribution in [0.15, 0.2) is 44.7 Å². The second-order valence-electron chi connectivity index (χ2n) is 4.17. The summed E-state index contributed by atoms with van der Waals surface area (Å²) in [6.07, 6.45) is 0.611. The highest BCUT2D eigenvalue weighted by Gasteiger charge is 2.27. The Morgan fingerprint density at radius 3 is 2.35 bits per heavy atom. The third kappa shape index (κ3) is 3.19. The largest absolute Gasteiger partial charge is 0.384 e. The second-order valence-corrected chi connectivity index (χ2v) is 6.86. The van der Waals surface area contributed by atoms with Crippen molar-refractivity contribution in [2.45, 2.75) is 18.9 Å². The van der Waals surface area contributed by atoms with Crippen molar-refractivity contribution in [2.24, 2.45) is 0 Å². The van der Waals surface area contributed by atoms with Gasteiger partial charge in [-0.15, -0.1) is 11.3 Å². The van der Waals surface area contributed by atoms with Crippen LogP contribution < -0.4 is 0 Å². The zero-order valence-corrected chi connectivity index (χ0v) is 13.3. The molecule has 0 aliphatic rings. The Morgan fingerprint density at radius 2 is 1.82 bits per heavy atom. The first-order valence-corrected chi connectivity index (χ1v) is 7.66. The Bertz CT molecular complexity index is 502. The predicted molar refractivity (Wildman–Crippen MR) is 79.4 cm³/mol. The average molecular weight is 376 g/mol. The van der Waals surface area contributed by atoms with E-state index in [1.165, 1.54) is 0 Å². The molecule has 1 unspecified atom stereocenters. The van der Waals surface area contributed by atoms with Crippen molar-refractivity contribution in [3.63, 3.8) is 0 Å². The van der Waals surface area contributed by atoms with E-state index in [0.29, 0.717) is 6.42 Å². The number of halogens is 2. The van der Waals surface area contributed by atoms with Gasteiger partial charge in [0.25, 0.3) is 0 Å². The maximum Gasteiger partial charge on any atom is 0.101 e. The van der Waals surface area contributed by atoms with Crippen LogP contribution in [0.25, 0.3) is 0 Å². The summed E-state index contributed by atoms with van der Waals surface area (Å²) in [5, 5.41) is 12.5. The highest BCUT2D eigenvalue weighted by Crippen LogP contribution is 2.35. The Morgan fingerprint density at radius 1 is 1.18 bits per heavy atom. The molecule has 0 spiro atoms. The molecule has 0 saturated carbocycles. The molecule has 4 heteroatoms. The van der Waals surface area contributed by atoms with Gasteiger partial charge >= 0.3 is 0 Å². The lowest BCUT2D eigenvalue weighted by molar-refractivity contribution is 0.0608. The lowest BCUT2D eigenvalue weighted by Crippen LogP contribution is -2.23. The lowest BCUT2D eigenvalue weighted by atomic mass is 9.95. The van der Waals surface area contributed by atoms with Crippen molar-refractivity contribution in [3.8, 4) is 0 Å². The number of benzene rings is 1. The van der Waals surface area contributed by atoms with Crippen LogP contribution in [0, 0.1) is 0 Å². The molecule has 0 fully saturated rings. The van der Waals surface area contributed by atoms with E-state index in [-0.39, 0.29) is 0 Å². The first-order valence-electron chi connectivity index (χ1n) is 5.19. The minimum Gasteiger partial charge on any atom is -0.384 e. The van der Waals surface area contributed by atoms with E-state index in [1.807, 2.05) is 42.6 Å². The summed E-state index contributed by atoms with van der Waals surface area (Å²) >= 11 is 8.45. The summed E-state index contributed by atoms with van der Waals surface area (Å²) in [5.74, 6) is 0.